The van der Waals surface area contributed by atoms with Crippen molar-refractivity contribution in [2.45, 2.75) is 57.2 Å². The van der Waals surface area contributed by atoms with Crippen LogP contribution in [-0.2, 0) is 44.7 Å². The molecule has 1 saturated heterocycles. The SMILES string of the molecule is CCS[C@@H]1O[C@H](COC(C)=O)[C@H](OC(C)=O)[C@H](OCc2ccccc2)[C@H]1OC(=O)CCl. The van der Waals surface area contributed by atoms with Gasteiger partial charge in [-0.3, -0.25) is 14.4 Å². The number of rotatable bonds is 10. The normalized spacial score (nSPS) is 25.5. The van der Waals surface area contributed by atoms with Crippen molar-refractivity contribution in [3.8, 4) is 0 Å². The summed E-state index contributed by atoms with van der Waals surface area (Å²) >= 11 is 7.04. The van der Waals surface area contributed by atoms with Crippen molar-refractivity contribution in [3.05, 3.63) is 35.9 Å². The van der Waals surface area contributed by atoms with Crippen molar-refractivity contribution >= 4 is 41.3 Å². The van der Waals surface area contributed by atoms with E-state index < -0.39 is 47.8 Å². The van der Waals surface area contributed by atoms with E-state index in [2.05, 4.69) is 0 Å². The second kappa shape index (κ2) is 12.9. The molecule has 1 heterocycles. The van der Waals surface area contributed by atoms with Gasteiger partial charge in [-0.15, -0.1) is 23.4 Å². The molecule has 8 nitrogen and oxygen atoms in total. The van der Waals surface area contributed by atoms with Crippen molar-refractivity contribution in [2.24, 2.45) is 0 Å². The number of alkyl halides is 1. The highest BCUT2D eigenvalue weighted by molar-refractivity contribution is 7.99. The van der Waals surface area contributed by atoms with Crippen LogP contribution in [0.25, 0.3) is 0 Å². The van der Waals surface area contributed by atoms with E-state index in [0.29, 0.717) is 5.75 Å². The molecule has 0 bridgehead atoms. The van der Waals surface area contributed by atoms with Gasteiger partial charge in [0.15, 0.2) is 12.2 Å². The summed E-state index contributed by atoms with van der Waals surface area (Å²) in [6.45, 7) is 4.49. The summed E-state index contributed by atoms with van der Waals surface area (Å²) in [4.78, 5) is 35.2. The number of hydrogen-bond donors (Lipinski definition) is 0. The maximum Gasteiger partial charge on any atom is 0.321 e. The van der Waals surface area contributed by atoms with Gasteiger partial charge < -0.3 is 23.7 Å². The van der Waals surface area contributed by atoms with Crippen LogP contribution in [0.4, 0.5) is 0 Å². The summed E-state index contributed by atoms with van der Waals surface area (Å²) in [6, 6.07) is 9.39. The fourth-order valence-corrected chi connectivity index (χ4v) is 4.12. The fraction of sp³-hybridized carbons (Fsp3) is 0.571. The first kappa shape index (κ1) is 25.5. The first-order valence-corrected chi connectivity index (χ1v) is 11.4. The molecule has 0 aliphatic carbocycles. The van der Waals surface area contributed by atoms with E-state index in [1.807, 2.05) is 37.3 Å². The summed E-state index contributed by atoms with van der Waals surface area (Å²) in [5.74, 6) is -1.41. The van der Waals surface area contributed by atoms with Crippen molar-refractivity contribution in [3.63, 3.8) is 0 Å². The Balaban J connectivity index is 2.36. The van der Waals surface area contributed by atoms with Crippen LogP contribution in [0.2, 0.25) is 0 Å². The standard InChI is InChI=1S/C21H27ClO8S/c1-4-31-21-20(30-17(25)10-22)19(27-11-15-8-6-5-7-9-15)18(28-14(3)24)16(29-21)12-26-13(2)23/h5-9,16,18-21H,4,10-12H2,1-3H3/t16-,18+,19+,20-,21+/m1/s1. The molecule has 0 amide bonds. The van der Waals surface area contributed by atoms with E-state index in [1.165, 1.54) is 25.6 Å². The molecule has 172 valence electrons. The molecule has 0 unspecified atom stereocenters. The topological polar surface area (TPSA) is 97.4 Å². The lowest BCUT2D eigenvalue weighted by molar-refractivity contribution is -0.241. The Morgan fingerprint density at radius 2 is 1.74 bits per heavy atom. The van der Waals surface area contributed by atoms with Gasteiger partial charge in [0.05, 0.1) is 6.61 Å². The van der Waals surface area contributed by atoms with Gasteiger partial charge >= 0.3 is 17.9 Å². The van der Waals surface area contributed by atoms with Crippen LogP contribution in [-0.4, -0.2) is 66.0 Å². The molecule has 0 spiro atoms. The lowest BCUT2D eigenvalue weighted by Crippen LogP contribution is -2.61. The molecule has 1 aromatic rings. The predicted octanol–water partition coefficient (Wildman–Crippen LogP) is 2.70. The molecule has 2 rings (SSSR count). The Bertz CT molecular complexity index is 731. The maximum atomic E-state index is 12.0. The molecule has 0 aromatic heterocycles. The minimum atomic E-state index is -0.970. The summed E-state index contributed by atoms with van der Waals surface area (Å²) in [6.07, 6.45) is -3.53. The summed E-state index contributed by atoms with van der Waals surface area (Å²) < 4.78 is 28.3. The minimum absolute atomic E-state index is 0.143. The minimum Gasteiger partial charge on any atom is -0.463 e. The third-order valence-corrected chi connectivity index (χ3v) is 5.60. The molecule has 0 saturated carbocycles. The Labute approximate surface area is 190 Å². The fourth-order valence-electron chi connectivity index (χ4n) is 3.11. The van der Waals surface area contributed by atoms with Crippen molar-refractivity contribution < 1.29 is 38.1 Å². The molecule has 31 heavy (non-hydrogen) atoms. The molecule has 0 N–H and O–H groups in total. The summed E-state index contributed by atoms with van der Waals surface area (Å²) in [5.41, 5.74) is 0.250. The van der Waals surface area contributed by atoms with Crippen LogP contribution in [0.1, 0.15) is 26.3 Å². The van der Waals surface area contributed by atoms with E-state index >= 15 is 0 Å². The number of hydrogen-bond acceptors (Lipinski definition) is 9. The molecule has 1 aliphatic heterocycles. The van der Waals surface area contributed by atoms with Crippen molar-refractivity contribution in [2.75, 3.05) is 18.2 Å². The third kappa shape index (κ3) is 7.99. The van der Waals surface area contributed by atoms with E-state index in [9.17, 15) is 14.4 Å². The zero-order chi connectivity index (χ0) is 22.8. The monoisotopic (exact) mass is 474 g/mol. The van der Waals surface area contributed by atoms with Crippen LogP contribution >= 0.6 is 23.4 Å². The third-order valence-electron chi connectivity index (χ3n) is 4.34. The molecular weight excluding hydrogens is 448 g/mol. The van der Waals surface area contributed by atoms with E-state index in [-0.39, 0.29) is 19.1 Å². The molecule has 1 fully saturated rings. The summed E-state index contributed by atoms with van der Waals surface area (Å²) in [5, 5.41) is 0. The van der Waals surface area contributed by atoms with Crippen LogP contribution < -0.4 is 0 Å². The quantitative estimate of drug-likeness (QED) is 0.288. The van der Waals surface area contributed by atoms with Gasteiger partial charge in [0.1, 0.15) is 30.1 Å². The second-order valence-electron chi connectivity index (χ2n) is 6.72. The number of ether oxygens (including phenoxy) is 5. The Morgan fingerprint density at radius 3 is 2.32 bits per heavy atom. The highest BCUT2D eigenvalue weighted by Crippen LogP contribution is 2.34. The number of esters is 3. The number of carbonyl (C=O) groups excluding carboxylic acids is 3. The number of benzene rings is 1. The zero-order valence-corrected chi connectivity index (χ0v) is 19.2. The molecule has 5 atom stereocenters. The van der Waals surface area contributed by atoms with Gasteiger partial charge in [0.2, 0.25) is 0 Å². The lowest BCUT2D eigenvalue weighted by Gasteiger charge is -2.44. The molecule has 1 aliphatic rings. The zero-order valence-electron chi connectivity index (χ0n) is 17.7. The average Bonchev–Trinajstić information content (AvgIpc) is 2.74. The largest absolute Gasteiger partial charge is 0.463 e. The Kier molecular flexibility index (Phi) is 10.6. The van der Waals surface area contributed by atoms with E-state index in [4.69, 9.17) is 35.3 Å². The highest BCUT2D eigenvalue weighted by atomic mass is 35.5. The molecule has 10 heteroatoms. The maximum absolute atomic E-state index is 12.0. The van der Waals surface area contributed by atoms with Crippen LogP contribution in [0.15, 0.2) is 30.3 Å². The average molecular weight is 475 g/mol. The van der Waals surface area contributed by atoms with Gasteiger partial charge in [-0.1, -0.05) is 37.3 Å². The first-order valence-electron chi connectivity index (χ1n) is 9.84. The van der Waals surface area contributed by atoms with Gasteiger partial charge in [0, 0.05) is 13.8 Å². The van der Waals surface area contributed by atoms with Gasteiger partial charge in [0.25, 0.3) is 0 Å². The first-order chi connectivity index (χ1) is 14.8. The van der Waals surface area contributed by atoms with Gasteiger partial charge in [-0.2, -0.15) is 0 Å². The Morgan fingerprint density at radius 1 is 1.03 bits per heavy atom. The van der Waals surface area contributed by atoms with Crippen LogP contribution in [0, 0.1) is 0 Å². The molecule has 1 aromatic carbocycles. The van der Waals surface area contributed by atoms with Gasteiger partial charge in [-0.05, 0) is 11.3 Å². The predicted molar refractivity (Wildman–Crippen MR) is 115 cm³/mol. The number of halogens is 1. The number of carbonyl (C=O) groups is 3. The second-order valence-corrected chi connectivity index (χ2v) is 8.37. The van der Waals surface area contributed by atoms with Crippen molar-refractivity contribution in [1.29, 1.82) is 0 Å². The molecular formula is C21H27ClO8S. The van der Waals surface area contributed by atoms with Gasteiger partial charge in [-0.25, -0.2) is 0 Å². The van der Waals surface area contributed by atoms with E-state index in [0.717, 1.165) is 5.56 Å². The lowest BCUT2D eigenvalue weighted by atomic mass is 9.99. The summed E-state index contributed by atoms with van der Waals surface area (Å²) in [7, 11) is 0. The Hall–Kier alpha value is -1.81. The van der Waals surface area contributed by atoms with Crippen LogP contribution in [0.3, 0.4) is 0 Å². The van der Waals surface area contributed by atoms with E-state index in [1.54, 1.807) is 0 Å². The van der Waals surface area contributed by atoms with Crippen LogP contribution in [0.5, 0.6) is 0 Å². The highest BCUT2D eigenvalue weighted by Gasteiger charge is 2.51. The van der Waals surface area contributed by atoms with Crippen molar-refractivity contribution in [1.82, 2.24) is 0 Å². The smallest absolute Gasteiger partial charge is 0.321 e. The molecule has 0 radical (unpaired) electrons. The number of thioether (sulfide) groups is 1.